The monoisotopic (exact) mass is 560 g/mol. The van der Waals surface area contributed by atoms with E-state index in [1.54, 1.807) is 0 Å². The van der Waals surface area contributed by atoms with Crippen LogP contribution in [0.1, 0.15) is 111 Å². The van der Waals surface area contributed by atoms with Crippen molar-refractivity contribution in [2.24, 2.45) is 5.73 Å². The molecule has 0 bridgehead atoms. The average Bonchev–Trinajstić information content (AvgIpc) is 3.20. The van der Waals surface area contributed by atoms with Crippen LogP contribution in [0.5, 0.6) is 0 Å². The van der Waals surface area contributed by atoms with Gasteiger partial charge in [-0.3, -0.25) is 4.79 Å². The summed E-state index contributed by atoms with van der Waals surface area (Å²) in [4.78, 5) is 11.2. The van der Waals surface area contributed by atoms with E-state index >= 15 is 0 Å². The molecule has 6 N–H and O–H groups in total. The Bertz CT molecular complexity index is 682. The Labute approximate surface area is 235 Å². The van der Waals surface area contributed by atoms with Gasteiger partial charge < -0.3 is 45.3 Å². The van der Waals surface area contributed by atoms with Crippen molar-refractivity contribution in [1.82, 2.24) is 5.32 Å². The highest BCUT2D eigenvalue weighted by atomic mass is 16.8. The van der Waals surface area contributed by atoms with Gasteiger partial charge in [0.05, 0.1) is 18.8 Å². The summed E-state index contributed by atoms with van der Waals surface area (Å²) in [5, 5.41) is 33.3. The summed E-state index contributed by atoms with van der Waals surface area (Å²) >= 11 is 0. The topological polar surface area (TPSA) is 153 Å². The van der Waals surface area contributed by atoms with Gasteiger partial charge in [0, 0.05) is 13.5 Å². The zero-order valence-corrected chi connectivity index (χ0v) is 24.7. The van der Waals surface area contributed by atoms with E-state index in [0.717, 1.165) is 19.3 Å². The number of carbonyl (C=O) groups is 1. The predicted molar refractivity (Wildman–Crippen MR) is 149 cm³/mol. The van der Waals surface area contributed by atoms with Gasteiger partial charge in [0.2, 0.25) is 5.91 Å². The van der Waals surface area contributed by atoms with E-state index in [-0.39, 0.29) is 31.3 Å². The molecule has 0 aromatic rings. The lowest BCUT2D eigenvalue weighted by Gasteiger charge is -2.40. The minimum absolute atomic E-state index is 0.00352. The highest BCUT2D eigenvalue weighted by molar-refractivity contribution is 5.72. The first-order valence-electron chi connectivity index (χ1n) is 15.2. The first kappa shape index (κ1) is 34.4. The van der Waals surface area contributed by atoms with Gasteiger partial charge in [-0.05, 0) is 20.3 Å². The van der Waals surface area contributed by atoms with Gasteiger partial charge in [-0.1, -0.05) is 84.0 Å². The minimum atomic E-state index is -1.48. The Morgan fingerprint density at radius 1 is 0.872 bits per heavy atom. The number of amides is 1. The SMILES string of the molecule is CCCCCCCCCCCCCC[C@H]1OC(C)(C)O[C@H]1[C@@H](N)COC1OC(CNC(C)=O)C(O)C(O)C1O. The van der Waals surface area contributed by atoms with Crippen molar-refractivity contribution in [3.63, 3.8) is 0 Å². The van der Waals surface area contributed by atoms with Crippen LogP contribution < -0.4 is 11.1 Å². The van der Waals surface area contributed by atoms with Crippen LogP contribution in [0.4, 0.5) is 0 Å². The van der Waals surface area contributed by atoms with Crippen molar-refractivity contribution in [3.05, 3.63) is 0 Å². The fraction of sp³-hybridized carbons (Fsp3) is 0.966. The van der Waals surface area contributed by atoms with Gasteiger partial charge in [0.1, 0.15) is 30.5 Å². The van der Waals surface area contributed by atoms with Crippen LogP contribution in [0.2, 0.25) is 0 Å². The second kappa shape index (κ2) is 17.9. The van der Waals surface area contributed by atoms with Crippen LogP contribution in [0.3, 0.4) is 0 Å². The third-order valence-corrected chi connectivity index (χ3v) is 7.66. The number of ether oxygens (including phenoxy) is 4. The molecular formula is C29H56N2O8. The molecule has 10 heteroatoms. The fourth-order valence-electron chi connectivity index (χ4n) is 5.40. The molecule has 0 aliphatic carbocycles. The summed E-state index contributed by atoms with van der Waals surface area (Å²) in [5.74, 6) is -1.06. The van der Waals surface area contributed by atoms with Crippen molar-refractivity contribution >= 4 is 5.91 Å². The first-order valence-corrected chi connectivity index (χ1v) is 15.2. The Morgan fingerprint density at radius 2 is 1.44 bits per heavy atom. The smallest absolute Gasteiger partial charge is 0.216 e. The van der Waals surface area contributed by atoms with E-state index in [1.807, 2.05) is 13.8 Å². The van der Waals surface area contributed by atoms with E-state index < -0.39 is 42.5 Å². The van der Waals surface area contributed by atoms with E-state index in [1.165, 1.54) is 71.1 Å². The van der Waals surface area contributed by atoms with Gasteiger partial charge in [0.25, 0.3) is 0 Å². The van der Waals surface area contributed by atoms with Crippen LogP contribution in [-0.4, -0.2) is 89.1 Å². The lowest BCUT2D eigenvalue weighted by atomic mass is 9.98. The third-order valence-electron chi connectivity index (χ3n) is 7.66. The molecule has 2 fully saturated rings. The van der Waals surface area contributed by atoms with Crippen molar-refractivity contribution in [2.45, 2.75) is 166 Å². The zero-order chi connectivity index (χ0) is 28.8. The van der Waals surface area contributed by atoms with Gasteiger partial charge in [-0.15, -0.1) is 0 Å². The molecule has 39 heavy (non-hydrogen) atoms. The molecule has 2 aliphatic rings. The minimum Gasteiger partial charge on any atom is -0.388 e. The Kier molecular flexibility index (Phi) is 15.7. The summed E-state index contributed by atoms with van der Waals surface area (Å²) in [7, 11) is 0. The number of nitrogens with one attached hydrogen (secondary N) is 1. The summed E-state index contributed by atoms with van der Waals surface area (Å²) in [5.41, 5.74) is 6.45. The molecule has 2 saturated heterocycles. The number of aliphatic hydroxyl groups is 3. The van der Waals surface area contributed by atoms with Gasteiger partial charge in [-0.2, -0.15) is 0 Å². The molecule has 0 spiro atoms. The molecule has 0 saturated carbocycles. The van der Waals surface area contributed by atoms with Crippen molar-refractivity contribution in [3.8, 4) is 0 Å². The quantitative estimate of drug-likeness (QED) is 0.150. The molecule has 0 aromatic heterocycles. The number of unbranched alkanes of at least 4 members (excludes halogenated alkanes) is 11. The summed E-state index contributed by atoms with van der Waals surface area (Å²) in [6, 6.07) is -0.553. The van der Waals surface area contributed by atoms with Crippen molar-refractivity contribution < 1.29 is 39.1 Å². The normalized spacial score (nSPS) is 31.3. The molecule has 5 unspecified atom stereocenters. The second-order valence-electron chi connectivity index (χ2n) is 11.8. The maximum Gasteiger partial charge on any atom is 0.216 e. The Balaban J connectivity index is 1.71. The summed E-state index contributed by atoms with van der Waals surface area (Å²) < 4.78 is 23.6. The van der Waals surface area contributed by atoms with Gasteiger partial charge in [-0.25, -0.2) is 0 Å². The molecular weight excluding hydrogens is 504 g/mol. The molecule has 1 amide bonds. The number of rotatable bonds is 19. The first-order chi connectivity index (χ1) is 18.6. The zero-order valence-electron chi connectivity index (χ0n) is 24.7. The second-order valence-corrected chi connectivity index (χ2v) is 11.8. The van der Waals surface area contributed by atoms with Crippen LogP contribution in [0.15, 0.2) is 0 Å². The number of hydrogen-bond acceptors (Lipinski definition) is 9. The highest BCUT2D eigenvalue weighted by Gasteiger charge is 2.46. The molecule has 2 rings (SSSR count). The lowest BCUT2D eigenvalue weighted by Crippen LogP contribution is -2.61. The average molecular weight is 561 g/mol. The van der Waals surface area contributed by atoms with Crippen molar-refractivity contribution in [1.29, 1.82) is 0 Å². The van der Waals surface area contributed by atoms with Crippen LogP contribution in [0, 0.1) is 0 Å². The summed E-state index contributed by atoms with van der Waals surface area (Å²) in [6.45, 7) is 7.30. The van der Waals surface area contributed by atoms with E-state index in [0.29, 0.717) is 0 Å². The number of nitrogens with two attached hydrogens (primary N) is 1. The fourth-order valence-corrected chi connectivity index (χ4v) is 5.40. The van der Waals surface area contributed by atoms with Crippen molar-refractivity contribution in [2.75, 3.05) is 13.2 Å². The van der Waals surface area contributed by atoms with Crippen LogP contribution in [0.25, 0.3) is 0 Å². The highest BCUT2D eigenvalue weighted by Crippen LogP contribution is 2.33. The van der Waals surface area contributed by atoms with Gasteiger partial charge >= 0.3 is 0 Å². The van der Waals surface area contributed by atoms with E-state index in [9.17, 15) is 20.1 Å². The lowest BCUT2D eigenvalue weighted by molar-refractivity contribution is -0.297. The molecule has 10 nitrogen and oxygen atoms in total. The predicted octanol–water partition coefficient (Wildman–Crippen LogP) is 2.89. The largest absolute Gasteiger partial charge is 0.388 e. The molecule has 0 aromatic carbocycles. The van der Waals surface area contributed by atoms with Crippen LogP contribution >= 0.6 is 0 Å². The number of aliphatic hydroxyl groups excluding tert-OH is 3. The molecule has 8 atom stereocenters. The third kappa shape index (κ3) is 12.3. The Hall–Kier alpha value is -0.850. The molecule has 230 valence electrons. The standard InChI is InChI=1S/C29H56N2O8/c1-5-6-7-8-9-10-11-12-13-14-15-16-17-22-27(39-29(3,4)38-22)21(30)19-36-28-26(35)25(34)24(33)23(37-28)18-31-20(2)32/h21-28,33-35H,5-19,30H2,1-4H3,(H,31,32)/t21-,22+,23?,24?,25?,26?,27-,28?/m0/s1. The molecule has 2 aliphatic heterocycles. The van der Waals surface area contributed by atoms with E-state index in [4.69, 9.17) is 24.7 Å². The number of hydrogen-bond donors (Lipinski definition) is 5. The Morgan fingerprint density at radius 3 is 2.00 bits per heavy atom. The maximum atomic E-state index is 11.2. The van der Waals surface area contributed by atoms with Gasteiger partial charge in [0.15, 0.2) is 12.1 Å². The maximum absolute atomic E-state index is 11.2. The molecule has 2 heterocycles. The van der Waals surface area contributed by atoms with E-state index in [2.05, 4.69) is 12.2 Å². The number of carbonyl (C=O) groups excluding carboxylic acids is 1. The molecule has 0 radical (unpaired) electrons. The summed E-state index contributed by atoms with van der Waals surface area (Å²) in [6.07, 6.45) is 9.27. The van der Waals surface area contributed by atoms with Crippen LogP contribution in [-0.2, 0) is 23.7 Å².